The normalized spacial score (nSPS) is 25.9. The molecule has 3 fully saturated rings. The Bertz CT molecular complexity index is 1660. The first-order chi connectivity index (χ1) is 18.8. The summed E-state index contributed by atoms with van der Waals surface area (Å²) in [5, 5.41) is 10.7. The number of imidazole rings is 1. The number of ether oxygens (including phenoxy) is 3. The molecule has 202 valence electrons. The van der Waals surface area contributed by atoms with Crippen molar-refractivity contribution in [2.24, 2.45) is 4.36 Å². The van der Waals surface area contributed by atoms with Crippen molar-refractivity contribution in [2.45, 2.75) is 42.5 Å². The van der Waals surface area contributed by atoms with Crippen LogP contribution < -0.4 is 4.74 Å². The van der Waals surface area contributed by atoms with Crippen LogP contribution in [-0.4, -0.2) is 73.4 Å². The van der Waals surface area contributed by atoms with Crippen molar-refractivity contribution < 1.29 is 23.5 Å². The summed E-state index contributed by atoms with van der Waals surface area (Å²) in [4.78, 5) is 12.3. The largest absolute Gasteiger partial charge is 0.456 e. The minimum absolute atomic E-state index is 0.233. The fourth-order valence-corrected chi connectivity index (χ4v) is 7.13. The van der Waals surface area contributed by atoms with E-state index in [1.807, 2.05) is 48.5 Å². The summed E-state index contributed by atoms with van der Waals surface area (Å²) in [6.07, 6.45) is 2.03. The van der Waals surface area contributed by atoms with E-state index < -0.39 is 15.8 Å². The number of aromatic nitrogens is 3. The number of pyridine rings is 1. The second-order valence-corrected chi connectivity index (χ2v) is 13.3. The van der Waals surface area contributed by atoms with Gasteiger partial charge in [-0.15, -0.1) is 0 Å². The second-order valence-electron chi connectivity index (χ2n) is 10.3. The van der Waals surface area contributed by atoms with E-state index in [0.29, 0.717) is 34.5 Å². The maximum atomic E-state index is 12.7. The first kappa shape index (κ1) is 25.0. The third-order valence-corrected chi connectivity index (χ3v) is 10.0. The summed E-state index contributed by atoms with van der Waals surface area (Å²) >= 11 is 6.61. The molecule has 2 N–H and O–H groups in total. The smallest absolute Gasteiger partial charge is 0.296 e. The van der Waals surface area contributed by atoms with Crippen molar-refractivity contribution in [1.82, 2.24) is 15.0 Å². The molecule has 4 aromatic rings. The van der Waals surface area contributed by atoms with Crippen LogP contribution in [0.5, 0.6) is 6.01 Å². The van der Waals surface area contributed by atoms with E-state index in [-0.39, 0.29) is 30.2 Å². The summed E-state index contributed by atoms with van der Waals surface area (Å²) in [5.74, 6) is 0. The summed E-state index contributed by atoms with van der Waals surface area (Å²) in [5.41, 5.74) is 5.43. The van der Waals surface area contributed by atoms with Crippen LogP contribution in [0.25, 0.3) is 33.5 Å². The number of hydrogen-bond acceptors (Lipinski definition) is 8. The highest BCUT2D eigenvalue weighted by molar-refractivity contribution is 7.93. The Labute approximate surface area is 230 Å². The number of aliphatic hydroxyl groups excluding tert-OH is 1. The summed E-state index contributed by atoms with van der Waals surface area (Å²) in [6.45, 7) is 0.546. The van der Waals surface area contributed by atoms with Crippen LogP contribution in [0, 0.1) is 0 Å². The van der Waals surface area contributed by atoms with Gasteiger partial charge in [0.1, 0.15) is 18.3 Å². The van der Waals surface area contributed by atoms with Crippen LogP contribution >= 0.6 is 11.6 Å². The molecule has 4 heterocycles. The third-order valence-electron chi connectivity index (χ3n) is 7.44. The first-order valence-electron chi connectivity index (χ1n) is 12.9. The van der Waals surface area contributed by atoms with Gasteiger partial charge in [-0.3, -0.25) is 0 Å². The van der Waals surface area contributed by atoms with E-state index >= 15 is 0 Å². The van der Waals surface area contributed by atoms with Gasteiger partial charge in [-0.25, -0.2) is 9.19 Å². The standard InChI is InChI=1S/C28H27ClN4O5S/c1-39(35,19-10-11-19)33-18-8-6-16(7-9-18)15-2-4-17(5-3-15)24-20(29)12-21-27(31-24)32-28(30-21)38-23-14-37-25-22(34)13-36-26(23)25/h2-9,12,19,22-23,25-26,34H,10-11,13-14H2,1H3,(H,30,31,32)/t22-,23-,25?,26-,39?/m1/s1. The SMILES string of the molecule is CS(=O)(=Nc1ccc(-c2ccc(-c3nc4nc(O[C@@H]5COC6[C@H](O)CO[C@@H]65)[nH]c4cc3Cl)cc2)cc1)C1CC1. The van der Waals surface area contributed by atoms with Crippen molar-refractivity contribution in [3.8, 4) is 28.4 Å². The fraction of sp³-hybridized carbons (Fsp3) is 0.357. The zero-order valence-corrected chi connectivity index (χ0v) is 22.7. The Kier molecular flexibility index (Phi) is 6.13. The topological polar surface area (TPSA) is 119 Å². The molecule has 0 radical (unpaired) electrons. The maximum Gasteiger partial charge on any atom is 0.296 e. The molecule has 0 spiro atoms. The highest BCUT2D eigenvalue weighted by atomic mass is 35.5. The van der Waals surface area contributed by atoms with Gasteiger partial charge >= 0.3 is 0 Å². The van der Waals surface area contributed by atoms with Crippen molar-refractivity contribution >= 4 is 38.2 Å². The number of aromatic amines is 1. The van der Waals surface area contributed by atoms with Crippen LogP contribution in [0.4, 0.5) is 5.69 Å². The first-order valence-corrected chi connectivity index (χ1v) is 15.3. The number of nitrogens with one attached hydrogen (secondary N) is 1. The zero-order chi connectivity index (χ0) is 26.7. The molecule has 1 aliphatic carbocycles. The van der Waals surface area contributed by atoms with Crippen molar-refractivity contribution in [2.75, 3.05) is 19.5 Å². The molecule has 5 atom stereocenters. The fourth-order valence-electron chi connectivity index (χ4n) is 5.17. The van der Waals surface area contributed by atoms with Gasteiger partial charge in [-0.2, -0.15) is 9.35 Å². The number of H-pyrrole nitrogens is 1. The second kappa shape index (κ2) is 9.57. The van der Waals surface area contributed by atoms with Crippen molar-refractivity contribution in [1.29, 1.82) is 0 Å². The molecule has 9 nitrogen and oxygen atoms in total. The predicted octanol–water partition coefficient (Wildman–Crippen LogP) is 4.74. The lowest BCUT2D eigenvalue weighted by molar-refractivity contribution is 0.00706. The molecule has 2 aromatic heterocycles. The number of hydrogen-bond donors (Lipinski definition) is 2. The molecular formula is C28H27ClN4O5S. The van der Waals surface area contributed by atoms with Gasteiger partial charge in [0.25, 0.3) is 6.01 Å². The Hall–Kier alpha value is -3.02. The molecule has 2 aliphatic heterocycles. The highest BCUT2D eigenvalue weighted by Gasteiger charge is 2.48. The zero-order valence-electron chi connectivity index (χ0n) is 21.1. The van der Waals surface area contributed by atoms with Crippen LogP contribution in [0.2, 0.25) is 5.02 Å². The number of rotatable bonds is 6. The average Bonchev–Trinajstić information content (AvgIpc) is 3.49. The molecule has 2 aromatic carbocycles. The molecule has 3 aliphatic rings. The van der Waals surface area contributed by atoms with Crippen molar-refractivity contribution in [3.63, 3.8) is 0 Å². The summed E-state index contributed by atoms with van der Waals surface area (Å²) in [7, 11) is -2.16. The third kappa shape index (κ3) is 4.81. The number of fused-ring (bicyclic) bond motifs is 2. The van der Waals surface area contributed by atoms with Gasteiger partial charge in [-0.1, -0.05) is 48.0 Å². The Morgan fingerprint density at radius 1 is 1.00 bits per heavy atom. The van der Waals surface area contributed by atoms with Crippen LogP contribution in [0.15, 0.2) is 59.0 Å². The van der Waals surface area contributed by atoms with Crippen LogP contribution in [-0.2, 0) is 19.2 Å². The van der Waals surface area contributed by atoms with E-state index in [9.17, 15) is 9.32 Å². The molecule has 2 saturated heterocycles. The van der Waals surface area contributed by atoms with Crippen molar-refractivity contribution in [3.05, 3.63) is 59.6 Å². The van der Waals surface area contributed by atoms with E-state index in [1.165, 1.54) is 0 Å². The molecule has 7 rings (SSSR count). The lowest BCUT2D eigenvalue weighted by Gasteiger charge is -2.15. The number of nitrogens with zero attached hydrogens (tertiary/aromatic N) is 3. The molecule has 2 unspecified atom stereocenters. The highest BCUT2D eigenvalue weighted by Crippen LogP contribution is 2.34. The minimum Gasteiger partial charge on any atom is -0.456 e. The lowest BCUT2D eigenvalue weighted by Crippen LogP contribution is -2.34. The van der Waals surface area contributed by atoms with E-state index in [4.69, 9.17) is 25.8 Å². The monoisotopic (exact) mass is 566 g/mol. The molecule has 0 amide bonds. The molecule has 0 bridgehead atoms. The minimum atomic E-state index is -2.16. The van der Waals surface area contributed by atoms with Gasteiger partial charge in [0.15, 0.2) is 11.8 Å². The van der Waals surface area contributed by atoms with E-state index in [0.717, 1.165) is 35.2 Å². The van der Waals surface area contributed by atoms with Gasteiger partial charge in [0.2, 0.25) is 0 Å². The van der Waals surface area contributed by atoms with Crippen LogP contribution in [0.1, 0.15) is 12.8 Å². The van der Waals surface area contributed by atoms with Gasteiger partial charge < -0.3 is 24.3 Å². The van der Waals surface area contributed by atoms with Gasteiger partial charge in [0.05, 0.1) is 44.9 Å². The van der Waals surface area contributed by atoms with Gasteiger partial charge in [0, 0.05) is 17.1 Å². The Balaban J connectivity index is 1.09. The van der Waals surface area contributed by atoms with Gasteiger partial charge in [-0.05, 0) is 42.2 Å². The molecular weight excluding hydrogens is 540 g/mol. The lowest BCUT2D eigenvalue weighted by atomic mass is 10.0. The molecule has 11 heteroatoms. The predicted molar refractivity (Wildman–Crippen MR) is 149 cm³/mol. The molecule has 39 heavy (non-hydrogen) atoms. The van der Waals surface area contributed by atoms with E-state index in [2.05, 4.69) is 19.3 Å². The number of halogens is 1. The summed E-state index contributed by atoms with van der Waals surface area (Å²) < 4.78 is 34.4. The average molecular weight is 567 g/mol. The number of aliphatic hydroxyl groups is 1. The maximum absolute atomic E-state index is 12.7. The van der Waals surface area contributed by atoms with Crippen LogP contribution in [0.3, 0.4) is 0 Å². The quantitative estimate of drug-likeness (QED) is 0.346. The Morgan fingerprint density at radius 2 is 1.67 bits per heavy atom. The Morgan fingerprint density at radius 3 is 2.38 bits per heavy atom. The van der Waals surface area contributed by atoms with E-state index in [1.54, 1.807) is 12.3 Å². The molecule has 1 saturated carbocycles. The summed E-state index contributed by atoms with van der Waals surface area (Å²) in [6, 6.07) is 17.9. The number of benzene rings is 2.